The molecule has 0 saturated carbocycles. The molecule has 1 aromatic carbocycles. The minimum absolute atomic E-state index is 0.118. The molecule has 0 aliphatic heterocycles. The molecule has 106 valence electrons. The summed E-state index contributed by atoms with van der Waals surface area (Å²) < 4.78 is 5.34. The van der Waals surface area contributed by atoms with Gasteiger partial charge in [-0.3, -0.25) is 4.79 Å². The van der Waals surface area contributed by atoms with Crippen molar-refractivity contribution in [3.63, 3.8) is 0 Å². The van der Waals surface area contributed by atoms with E-state index in [0.29, 0.717) is 13.2 Å². The van der Waals surface area contributed by atoms with Crippen LogP contribution in [-0.2, 0) is 0 Å². The zero-order valence-electron chi connectivity index (χ0n) is 12.1. The number of nitrogens with zero attached hydrogens (tertiary/aromatic N) is 1. The van der Waals surface area contributed by atoms with E-state index in [9.17, 15) is 4.79 Å². The van der Waals surface area contributed by atoms with Crippen molar-refractivity contribution in [1.29, 1.82) is 0 Å². The number of hydrogen-bond donors (Lipinski definition) is 1. The SMILES string of the molecule is CCOc1ccc(C(=O)CNCCCN(C)C)cc1. The highest BCUT2D eigenvalue weighted by molar-refractivity contribution is 5.97. The van der Waals surface area contributed by atoms with Crippen molar-refractivity contribution in [3.05, 3.63) is 29.8 Å². The van der Waals surface area contributed by atoms with E-state index in [-0.39, 0.29) is 5.78 Å². The fourth-order valence-corrected chi connectivity index (χ4v) is 1.73. The topological polar surface area (TPSA) is 41.6 Å². The number of Topliss-reactive ketones (excluding diaryl/α,β-unsaturated/α-hetero) is 1. The Hall–Kier alpha value is -1.39. The van der Waals surface area contributed by atoms with Crippen LogP contribution in [0.25, 0.3) is 0 Å². The minimum Gasteiger partial charge on any atom is -0.494 e. The van der Waals surface area contributed by atoms with Crippen molar-refractivity contribution in [1.82, 2.24) is 10.2 Å². The van der Waals surface area contributed by atoms with Gasteiger partial charge in [-0.25, -0.2) is 0 Å². The standard InChI is InChI=1S/C15H24N2O2/c1-4-19-14-8-6-13(7-9-14)15(18)12-16-10-5-11-17(2)3/h6-9,16H,4-5,10-12H2,1-3H3. The molecule has 0 atom stereocenters. The third kappa shape index (κ3) is 6.36. The zero-order chi connectivity index (χ0) is 14.1. The molecule has 1 rings (SSSR count). The molecule has 0 unspecified atom stereocenters. The van der Waals surface area contributed by atoms with Gasteiger partial charge >= 0.3 is 0 Å². The van der Waals surface area contributed by atoms with Crippen molar-refractivity contribution < 1.29 is 9.53 Å². The van der Waals surface area contributed by atoms with Crippen molar-refractivity contribution in [2.75, 3.05) is 40.3 Å². The van der Waals surface area contributed by atoms with E-state index >= 15 is 0 Å². The van der Waals surface area contributed by atoms with Gasteiger partial charge in [0.1, 0.15) is 5.75 Å². The van der Waals surface area contributed by atoms with Crippen LogP contribution < -0.4 is 10.1 Å². The Morgan fingerprint density at radius 1 is 1.26 bits per heavy atom. The quantitative estimate of drug-likeness (QED) is 0.545. The summed E-state index contributed by atoms with van der Waals surface area (Å²) >= 11 is 0. The van der Waals surface area contributed by atoms with E-state index in [1.807, 2.05) is 45.3 Å². The Bertz CT molecular complexity index is 374. The van der Waals surface area contributed by atoms with Crippen LogP contribution >= 0.6 is 0 Å². The van der Waals surface area contributed by atoms with E-state index in [1.54, 1.807) is 0 Å². The largest absolute Gasteiger partial charge is 0.494 e. The highest BCUT2D eigenvalue weighted by Crippen LogP contribution is 2.12. The summed E-state index contributed by atoms with van der Waals surface area (Å²) in [5, 5.41) is 3.17. The maximum Gasteiger partial charge on any atom is 0.176 e. The maximum absolute atomic E-state index is 11.9. The fraction of sp³-hybridized carbons (Fsp3) is 0.533. The third-order valence-corrected chi connectivity index (χ3v) is 2.73. The van der Waals surface area contributed by atoms with E-state index in [1.165, 1.54) is 0 Å². The van der Waals surface area contributed by atoms with Gasteiger partial charge in [-0.2, -0.15) is 0 Å². The molecule has 0 bridgehead atoms. The summed E-state index contributed by atoms with van der Waals surface area (Å²) in [6.45, 7) is 4.87. The van der Waals surface area contributed by atoms with Crippen molar-refractivity contribution in [3.8, 4) is 5.75 Å². The number of carbonyl (C=O) groups excluding carboxylic acids is 1. The number of benzene rings is 1. The molecule has 0 amide bonds. The van der Waals surface area contributed by atoms with E-state index < -0.39 is 0 Å². The lowest BCUT2D eigenvalue weighted by atomic mass is 10.1. The smallest absolute Gasteiger partial charge is 0.176 e. The molecule has 0 aliphatic rings. The van der Waals surface area contributed by atoms with Gasteiger partial charge in [0.2, 0.25) is 0 Å². The van der Waals surface area contributed by atoms with Crippen molar-refractivity contribution in [2.45, 2.75) is 13.3 Å². The minimum atomic E-state index is 0.118. The molecule has 0 aliphatic carbocycles. The first kappa shape index (κ1) is 15.7. The molecule has 0 spiro atoms. The molecule has 19 heavy (non-hydrogen) atoms. The molecule has 1 N–H and O–H groups in total. The molecule has 4 nitrogen and oxygen atoms in total. The molecule has 0 saturated heterocycles. The predicted molar refractivity (Wildman–Crippen MR) is 78.0 cm³/mol. The predicted octanol–water partition coefficient (Wildman–Crippen LogP) is 1.81. The fourth-order valence-electron chi connectivity index (χ4n) is 1.73. The lowest BCUT2D eigenvalue weighted by Gasteiger charge is -2.09. The average Bonchev–Trinajstić information content (AvgIpc) is 2.39. The molecule has 0 heterocycles. The molecule has 0 aromatic heterocycles. The average molecular weight is 264 g/mol. The van der Waals surface area contributed by atoms with Gasteiger partial charge in [0.05, 0.1) is 13.2 Å². The van der Waals surface area contributed by atoms with Gasteiger partial charge in [-0.1, -0.05) is 0 Å². The van der Waals surface area contributed by atoms with Crippen LogP contribution in [0.4, 0.5) is 0 Å². The number of hydrogen-bond acceptors (Lipinski definition) is 4. The summed E-state index contributed by atoms with van der Waals surface area (Å²) in [4.78, 5) is 14.0. The Labute approximate surface area is 115 Å². The van der Waals surface area contributed by atoms with Gasteiger partial charge < -0.3 is 15.0 Å². The molecule has 0 fully saturated rings. The van der Waals surface area contributed by atoms with Gasteiger partial charge in [0.25, 0.3) is 0 Å². The molecular formula is C15H24N2O2. The van der Waals surface area contributed by atoms with Crippen molar-refractivity contribution in [2.24, 2.45) is 0 Å². The number of ether oxygens (including phenoxy) is 1. The van der Waals surface area contributed by atoms with Crippen molar-refractivity contribution >= 4 is 5.78 Å². The van der Waals surface area contributed by atoms with Crippen LogP contribution in [0.2, 0.25) is 0 Å². The van der Waals surface area contributed by atoms with Gasteiger partial charge in [-0.05, 0) is 64.8 Å². The molecule has 1 aromatic rings. The van der Waals surface area contributed by atoms with Crippen LogP contribution in [0.3, 0.4) is 0 Å². The Morgan fingerprint density at radius 3 is 2.53 bits per heavy atom. The van der Waals surface area contributed by atoms with Crippen LogP contribution in [0.1, 0.15) is 23.7 Å². The lowest BCUT2D eigenvalue weighted by Crippen LogP contribution is -2.26. The lowest BCUT2D eigenvalue weighted by molar-refractivity contribution is 0.0991. The normalized spacial score (nSPS) is 10.7. The summed E-state index contributed by atoms with van der Waals surface area (Å²) in [6, 6.07) is 7.30. The summed E-state index contributed by atoms with van der Waals surface area (Å²) in [5.74, 6) is 0.922. The second-order valence-corrected chi connectivity index (χ2v) is 4.71. The van der Waals surface area contributed by atoms with Crippen LogP contribution in [0.15, 0.2) is 24.3 Å². The summed E-state index contributed by atoms with van der Waals surface area (Å²) in [7, 11) is 4.09. The number of carbonyl (C=O) groups is 1. The number of rotatable bonds is 9. The highest BCUT2D eigenvalue weighted by Gasteiger charge is 2.05. The zero-order valence-corrected chi connectivity index (χ0v) is 12.1. The molecular weight excluding hydrogens is 240 g/mol. The first-order valence-electron chi connectivity index (χ1n) is 6.75. The Kier molecular flexibility index (Phi) is 7.15. The van der Waals surface area contributed by atoms with E-state index in [2.05, 4.69) is 10.2 Å². The molecule has 0 radical (unpaired) electrons. The van der Waals surface area contributed by atoms with Crippen LogP contribution in [-0.4, -0.2) is 51.0 Å². The Balaban J connectivity index is 2.29. The van der Waals surface area contributed by atoms with Gasteiger partial charge in [0, 0.05) is 5.56 Å². The number of ketones is 1. The van der Waals surface area contributed by atoms with E-state index in [0.717, 1.165) is 30.8 Å². The monoisotopic (exact) mass is 264 g/mol. The number of nitrogens with one attached hydrogen (secondary N) is 1. The van der Waals surface area contributed by atoms with Crippen LogP contribution in [0.5, 0.6) is 5.75 Å². The summed E-state index contributed by atoms with van der Waals surface area (Å²) in [6.07, 6.45) is 1.05. The second-order valence-electron chi connectivity index (χ2n) is 4.71. The van der Waals surface area contributed by atoms with Gasteiger partial charge in [-0.15, -0.1) is 0 Å². The first-order valence-corrected chi connectivity index (χ1v) is 6.75. The van der Waals surface area contributed by atoms with E-state index in [4.69, 9.17) is 4.74 Å². The summed E-state index contributed by atoms with van der Waals surface area (Å²) in [5.41, 5.74) is 0.726. The Morgan fingerprint density at radius 2 is 1.95 bits per heavy atom. The maximum atomic E-state index is 11.9. The second kappa shape index (κ2) is 8.67. The highest BCUT2D eigenvalue weighted by atomic mass is 16.5. The third-order valence-electron chi connectivity index (χ3n) is 2.73. The first-order chi connectivity index (χ1) is 9.13. The van der Waals surface area contributed by atoms with Gasteiger partial charge in [0.15, 0.2) is 5.78 Å². The molecule has 4 heteroatoms. The van der Waals surface area contributed by atoms with Crippen LogP contribution in [0, 0.1) is 0 Å².